The molecule has 1 aromatic carbocycles. The van der Waals surface area contributed by atoms with Crippen LogP contribution in [0.5, 0.6) is 5.75 Å². The minimum Gasteiger partial charge on any atom is -0.482 e. The zero-order valence-corrected chi connectivity index (χ0v) is 13.3. The zero-order chi connectivity index (χ0) is 15.2. The smallest absolute Gasteiger partial charge is 0.276 e. The van der Waals surface area contributed by atoms with Crippen LogP contribution in [-0.2, 0) is 4.79 Å². The molecule has 0 saturated heterocycles. The van der Waals surface area contributed by atoms with Crippen LogP contribution in [0.15, 0.2) is 30.0 Å². The third-order valence-electron chi connectivity index (χ3n) is 3.29. The van der Waals surface area contributed by atoms with Gasteiger partial charge in [-0.15, -0.1) is 0 Å². The lowest BCUT2D eigenvalue weighted by atomic mass is 9.95. The number of hydrogen-bond acceptors (Lipinski definition) is 3. The lowest BCUT2D eigenvalue weighted by molar-refractivity contribution is -0.123. The molecule has 2 N–H and O–H groups in total. The number of ether oxygens (including phenoxy) is 1. The minimum absolute atomic E-state index is 0.113. The summed E-state index contributed by atoms with van der Waals surface area (Å²) in [6, 6.07) is 4.87. The van der Waals surface area contributed by atoms with Crippen LogP contribution in [0.25, 0.3) is 0 Å². The van der Waals surface area contributed by atoms with E-state index in [1.54, 1.807) is 18.2 Å². The first-order valence-corrected chi connectivity index (χ1v) is 7.62. The molecule has 1 atom stereocenters. The Balaban J connectivity index is 1.75. The first-order valence-electron chi connectivity index (χ1n) is 6.86. The third kappa shape index (κ3) is 5.14. The van der Waals surface area contributed by atoms with Crippen molar-refractivity contribution < 1.29 is 9.53 Å². The van der Waals surface area contributed by atoms with Crippen LogP contribution in [0.1, 0.15) is 26.2 Å². The lowest BCUT2D eigenvalue weighted by Crippen LogP contribution is -2.40. The fourth-order valence-electron chi connectivity index (χ4n) is 2.00. The van der Waals surface area contributed by atoms with Crippen LogP contribution in [0.2, 0.25) is 10.0 Å². The van der Waals surface area contributed by atoms with E-state index in [2.05, 4.69) is 23.9 Å². The number of carbonyl (C=O) groups is 1. The highest BCUT2D eigenvalue weighted by atomic mass is 35.5. The summed E-state index contributed by atoms with van der Waals surface area (Å²) in [5.74, 6) is 0.879. The highest BCUT2D eigenvalue weighted by Crippen LogP contribution is 2.27. The van der Waals surface area contributed by atoms with Gasteiger partial charge < -0.3 is 10.2 Å². The van der Waals surface area contributed by atoms with E-state index in [1.165, 1.54) is 0 Å². The van der Waals surface area contributed by atoms with Crippen LogP contribution in [-0.4, -0.2) is 12.5 Å². The average Bonchev–Trinajstić information content (AvgIpc) is 2.46. The second kappa shape index (κ2) is 7.57. The number of nitrogens with one attached hydrogen (secondary N) is 2. The fraction of sp³-hybridized carbons (Fsp3) is 0.400. The first-order chi connectivity index (χ1) is 10.0. The Bertz CT molecular complexity index is 546. The molecule has 0 bridgehead atoms. The average molecular weight is 329 g/mol. The van der Waals surface area contributed by atoms with Gasteiger partial charge >= 0.3 is 0 Å². The summed E-state index contributed by atoms with van der Waals surface area (Å²) >= 11 is 11.7. The summed E-state index contributed by atoms with van der Waals surface area (Å²) in [4.78, 5) is 11.7. The number of benzene rings is 1. The summed E-state index contributed by atoms with van der Waals surface area (Å²) in [5.41, 5.74) is 6.59. The summed E-state index contributed by atoms with van der Waals surface area (Å²) in [6.45, 7) is 2.10. The van der Waals surface area contributed by atoms with Gasteiger partial charge in [0.2, 0.25) is 0 Å². The predicted octanol–water partition coefficient (Wildman–Crippen LogP) is 3.70. The number of halogens is 2. The van der Waals surface area contributed by atoms with Crippen molar-refractivity contribution in [3.05, 3.63) is 40.0 Å². The molecule has 4 nitrogen and oxygen atoms in total. The minimum atomic E-state index is -0.263. The molecule has 0 heterocycles. The van der Waals surface area contributed by atoms with E-state index < -0.39 is 0 Å². The molecule has 114 valence electrons. The van der Waals surface area contributed by atoms with Crippen LogP contribution in [0.4, 0.5) is 0 Å². The summed E-state index contributed by atoms with van der Waals surface area (Å²) in [7, 11) is 0. The van der Waals surface area contributed by atoms with Gasteiger partial charge in [0.1, 0.15) is 5.75 Å². The molecule has 2 rings (SSSR count). The Morgan fingerprint density at radius 2 is 2.24 bits per heavy atom. The maximum absolute atomic E-state index is 11.7. The Morgan fingerprint density at radius 1 is 1.43 bits per heavy atom. The van der Waals surface area contributed by atoms with Gasteiger partial charge in [0, 0.05) is 10.7 Å². The number of hydrogen-bond donors (Lipinski definition) is 2. The second-order valence-corrected chi connectivity index (χ2v) is 5.99. The zero-order valence-electron chi connectivity index (χ0n) is 11.8. The van der Waals surface area contributed by atoms with Gasteiger partial charge in [-0.3, -0.25) is 10.2 Å². The van der Waals surface area contributed by atoms with Crippen molar-refractivity contribution in [1.29, 1.82) is 0 Å². The standard InChI is InChI=1S/C15H18Cl2N2O2/c1-10-2-5-12(6-3-10)18-19-15(20)9-21-14-7-4-11(16)8-13(14)17/h4-5,7-8,10,18H,2-3,6,9H2,1H3,(H,19,20). The molecule has 1 aliphatic carbocycles. The van der Waals surface area contributed by atoms with Crippen molar-refractivity contribution in [2.75, 3.05) is 6.61 Å². The second-order valence-electron chi connectivity index (χ2n) is 5.15. The van der Waals surface area contributed by atoms with E-state index >= 15 is 0 Å². The van der Waals surface area contributed by atoms with E-state index in [-0.39, 0.29) is 12.5 Å². The van der Waals surface area contributed by atoms with E-state index in [0.29, 0.717) is 21.7 Å². The Morgan fingerprint density at radius 3 is 2.90 bits per heavy atom. The van der Waals surface area contributed by atoms with Gasteiger partial charge in [0.15, 0.2) is 6.61 Å². The van der Waals surface area contributed by atoms with Gasteiger partial charge in [0.05, 0.1) is 5.02 Å². The Kier molecular flexibility index (Phi) is 5.76. The van der Waals surface area contributed by atoms with Crippen molar-refractivity contribution >= 4 is 29.1 Å². The quantitative estimate of drug-likeness (QED) is 0.810. The number of carbonyl (C=O) groups excluding carboxylic acids is 1. The maximum atomic E-state index is 11.7. The van der Waals surface area contributed by atoms with Crippen LogP contribution >= 0.6 is 23.2 Å². The number of amides is 1. The summed E-state index contributed by atoms with van der Waals surface area (Å²) < 4.78 is 5.35. The highest BCUT2D eigenvalue weighted by Gasteiger charge is 2.11. The molecule has 6 heteroatoms. The van der Waals surface area contributed by atoms with Crippen LogP contribution < -0.4 is 15.6 Å². The Hall–Kier alpha value is -1.39. The molecule has 0 spiro atoms. The first kappa shape index (κ1) is 16.0. The molecule has 21 heavy (non-hydrogen) atoms. The molecule has 1 unspecified atom stereocenters. The molecular formula is C15H18Cl2N2O2. The maximum Gasteiger partial charge on any atom is 0.276 e. The van der Waals surface area contributed by atoms with E-state index in [4.69, 9.17) is 27.9 Å². The molecule has 0 fully saturated rings. The van der Waals surface area contributed by atoms with Gasteiger partial charge in [-0.1, -0.05) is 36.2 Å². The lowest BCUT2D eigenvalue weighted by Gasteiger charge is -2.19. The number of allylic oxidation sites excluding steroid dienone is 2. The molecule has 0 saturated carbocycles. The molecular weight excluding hydrogens is 311 g/mol. The number of rotatable bonds is 5. The van der Waals surface area contributed by atoms with Crippen molar-refractivity contribution in [2.45, 2.75) is 26.2 Å². The molecule has 1 aromatic rings. The van der Waals surface area contributed by atoms with Crippen molar-refractivity contribution in [3.8, 4) is 5.75 Å². The van der Waals surface area contributed by atoms with Crippen molar-refractivity contribution in [3.63, 3.8) is 0 Å². The van der Waals surface area contributed by atoms with Crippen molar-refractivity contribution in [2.24, 2.45) is 5.92 Å². The van der Waals surface area contributed by atoms with E-state index in [1.807, 2.05) is 0 Å². The van der Waals surface area contributed by atoms with Crippen LogP contribution in [0, 0.1) is 5.92 Å². The summed E-state index contributed by atoms with van der Waals surface area (Å²) in [6.07, 6.45) is 5.23. The monoisotopic (exact) mass is 328 g/mol. The number of hydrazine groups is 1. The van der Waals surface area contributed by atoms with Crippen molar-refractivity contribution in [1.82, 2.24) is 10.9 Å². The summed E-state index contributed by atoms with van der Waals surface area (Å²) in [5, 5.41) is 0.907. The third-order valence-corrected chi connectivity index (χ3v) is 3.82. The van der Waals surface area contributed by atoms with Gasteiger partial charge in [0.25, 0.3) is 5.91 Å². The largest absolute Gasteiger partial charge is 0.482 e. The van der Waals surface area contributed by atoms with E-state index in [9.17, 15) is 4.79 Å². The van der Waals surface area contributed by atoms with Gasteiger partial charge in [-0.2, -0.15) is 0 Å². The highest BCUT2D eigenvalue weighted by molar-refractivity contribution is 6.35. The van der Waals surface area contributed by atoms with E-state index in [0.717, 1.165) is 25.0 Å². The molecule has 0 aromatic heterocycles. The van der Waals surface area contributed by atoms with Gasteiger partial charge in [-0.05, 0) is 43.4 Å². The predicted molar refractivity (Wildman–Crippen MR) is 84.3 cm³/mol. The Labute approximate surface area is 134 Å². The molecule has 1 aliphatic rings. The molecule has 0 aliphatic heterocycles. The fourth-order valence-corrected chi connectivity index (χ4v) is 2.46. The SMILES string of the molecule is CC1CC=C(NNC(=O)COc2ccc(Cl)cc2Cl)CC1. The van der Waals surface area contributed by atoms with Crippen LogP contribution in [0.3, 0.4) is 0 Å². The molecule has 0 radical (unpaired) electrons. The van der Waals surface area contributed by atoms with Gasteiger partial charge in [-0.25, -0.2) is 0 Å². The molecule has 1 amide bonds. The normalized spacial score (nSPS) is 17.9. The topological polar surface area (TPSA) is 50.4 Å².